The summed E-state index contributed by atoms with van der Waals surface area (Å²) in [6.07, 6.45) is -1.05. The molecule has 4 nitrogen and oxygen atoms in total. The fourth-order valence-electron chi connectivity index (χ4n) is 2.78. The molecule has 0 aliphatic carbocycles. The molecule has 0 bridgehead atoms. The van der Waals surface area contributed by atoms with Crippen LogP contribution in [-0.2, 0) is 6.54 Å². The van der Waals surface area contributed by atoms with Gasteiger partial charge in [-0.05, 0) is 11.0 Å². The van der Waals surface area contributed by atoms with E-state index in [0.717, 1.165) is 19.6 Å². The highest BCUT2D eigenvalue weighted by Crippen LogP contribution is 2.28. The van der Waals surface area contributed by atoms with E-state index < -0.39 is 6.09 Å². The molecule has 0 aromatic heterocycles. The van der Waals surface area contributed by atoms with Gasteiger partial charge in [0.05, 0.1) is 0 Å². The van der Waals surface area contributed by atoms with Crippen molar-refractivity contribution < 1.29 is 9.90 Å². The summed E-state index contributed by atoms with van der Waals surface area (Å²) in [5, 5.41) is 11.3. The second-order valence-electron chi connectivity index (χ2n) is 6.56. The number of rotatable bonds is 2. The lowest BCUT2D eigenvalue weighted by atomic mass is 9.84. The van der Waals surface area contributed by atoms with Crippen molar-refractivity contribution in [1.29, 1.82) is 0 Å². The van der Waals surface area contributed by atoms with E-state index in [1.807, 2.05) is 18.2 Å². The molecule has 1 aromatic carbocycles. The minimum Gasteiger partial charge on any atom is -0.530 e. The average molecular weight is 275 g/mol. The first-order valence-electron chi connectivity index (χ1n) is 7.12. The molecule has 1 amide bonds. The molecule has 0 saturated carbocycles. The normalized spacial score (nSPS) is 20.9. The predicted molar refractivity (Wildman–Crippen MR) is 77.1 cm³/mol. The zero-order valence-corrected chi connectivity index (χ0v) is 12.5. The monoisotopic (exact) mass is 275 g/mol. The van der Waals surface area contributed by atoms with Crippen LogP contribution in [0.5, 0.6) is 0 Å². The van der Waals surface area contributed by atoms with Crippen LogP contribution in [0.25, 0.3) is 0 Å². The maximum absolute atomic E-state index is 11.3. The lowest BCUT2D eigenvalue weighted by Crippen LogP contribution is -2.62. The molecule has 20 heavy (non-hydrogen) atoms. The Labute approximate surface area is 121 Å². The van der Waals surface area contributed by atoms with Crippen molar-refractivity contribution in [2.75, 3.05) is 19.6 Å². The van der Waals surface area contributed by atoms with E-state index in [0.29, 0.717) is 6.54 Å². The SMILES string of the molecule is CC(C)(C)C1CN(Cc2ccccc2)CCN1C(=O)[O-]. The van der Waals surface area contributed by atoms with Gasteiger partial charge in [-0.3, -0.25) is 4.90 Å². The zero-order valence-electron chi connectivity index (χ0n) is 12.5. The smallest absolute Gasteiger partial charge is 0.137 e. The summed E-state index contributed by atoms with van der Waals surface area (Å²) in [7, 11) is 0. The molecule has 1 aliphatic rings. The van der Waals surface area contributed by atoms with Gasteiger partial charge in [-0.1, -0.05) is 51.1 Å². The summed E-state index contributed by atoms with van der Waals surface area (Å²) in [5.41, 5.74) is 1.18. The summed E-state index contributed by atoms with van der Waals surface area (Å²) < 4.78 is 0. The number of benzene rings is 1. The van der Waals surface area contributed by atoms with Gasteiger partial charge in [-0.25, -0.2) is 0 Å². The van der Waals surface area contributed by atoms with Gasteiger partial charge >= 0.3 is 0 Å². The maximum atomic E-state index is 11.3. The van der Waals surface area contributed by atoms with E-state index in [1.54, 1.807) is 0 Å². The molecular weight excluding hydrogens is 252 g/mol. The van der Waals surface area contributed by atoms with Crippen LogP contribution in [0.3, 0.4) is 0 Å². The molecule has 0 N–H and O–H groups in total. The maximum Gasteiger partial charge on any atom is 0.137 e. The molecule has 1 saturated heterocycles. The molecule has 4 heteroatoms. The van der Waals surface area contributed by atoms with Gasteiger partial charge in [0.1, 0.15) is 6.09 Å². The predicted octanol–water partition coefficient (Wildman–Crippen LogP) is 1.56. The highest BCUT2D eigenvalue weighted by molar-refractivity contribution is 5.63. The Kier molecular flexibility index (Phi) is 4.33. The van der Waals surface area contributed by atoms with E-state index in [9.17, 15) is 9.90 Å². The number of carboxylic acid groups (broad SMARTS) is 1. The van der Waals surface area contributed by atoms with Crippen molar-refractivity contribution in [2.45, 2.75) is 33.4 Å². The number of nitrogens with zero attached hydrogens (tertiary/aromatic N) is 2. The number of piperazine rings is 1. The highest BCUT2D eigenvalue weighted by atomic mass is 16.4. The lowest BCUT2D eigenvalue weighted by Gasteiger charge is -2.48. The van der Waals surface area contributed by atoms with Crippen molar-refractivity contribution >= 4 is 6.09 Å². The Morgan fingerprint density at radius 2 is 1.90 bits per heavy atom. The van der Waals surface area contributed by atoms with Gasteiger partial charge in [0.25, 0.3) is 0 Å². The quantitative estimate of drug-likeness (QED) is 0.823. The van der Waals surface area contributed by atoms with Gasteiger partial charge < -0.3 is 14.8 Å². The molecular formula is C16H23N2O2-. The Morgan fingerprint density at radius 1 is 1.25 bits per heavy atom. The topological polar surface area (TPSA) is 46.6 Å². The van der Waals surface area contributed by atoms with E-state index in [2.05, 4.69) is 37.8 Å². The lowest BCUT2D eigenvalue weighted by molar-refractivity contribution is -0.272. The Balaban J connectivity index is 2.07. The molecule has 1 heterocycles. The van der Waals surface area contributed by atoms with Crippen molar-refractivity contribution in [3.8, 4) is 0 Å². The second kappa shape index (κ2) is 5.83. The summed E-state index contributed by atoms with van der Waals surface area (Å²) in [5.74, 6) is 0. The fraction of sp³-hybridized carbons (Fsp3) is 0.562. The first kappa shape index (κ1) is 14.9. The minimum atomic E-state index is -1.05. The van der Waals surface area contributed by atoms with Crippen molar-refractivity contribution in [2.24, 2.45) is 5.41 Å². The average Bonchev–Trinajstić information content (AvgIpc) is 2.38. The number of hydrogen-bond acceptors (Lipinski definition) is 3. The van der Waals surface area contributed by atoms with Gasteiger partial charge in [0.2, 0.25) is 0 Å². The first-order chi connectivity index (χ1) is 9.38. The minimum absolute atomic E-state index is 0.0232. The second-order valence-corrected chi connectivity index (χ2v) is 6.56. The Hall–Kier alpha value is -1.55. The van der Waals surface area contributed by atoms with E-state index in [-0.39, 0.29) is 11.5 Å². The number of amides is 1. The zero-order chi connectivity index (χ0) is 14.8. The fourth-order valence-corrected chi connectivity index (χ4v) is 2.78. The van der Waals surface area contributed by atoms with Crippen LogP contribution in [0.1, 0.15) is 26.3 Å². The van der Waals surface area contributed by atoms with Crippen LogP contribution < -0.4 is 5.11 Å². The third kappa shape index (κ3) is 3.51. The largest absolute Gasteiger partial charge is 0.530 e. The van der Waals surface area contributed by atoms with Crippen LogP contribution in [0, 0.1) is 5.41 Å². The van der Waals surface area contributed by atoms with E-state index in [1.165, 1.54) is 10.5 Å². The summed E-state index contributed by atoms with van der Waals surface area (Å²) in [4.78, 5) is 15.1. The highest BCUT2D eigenvalue weighted by Gasteiger charge is 2.35. The van der Waals surface area contributed by atoms with Crippen LogP contribution >= 0.6 is 0 Å². The summed E-state index contributed by atoms with van der Waals surface area (Å²) >= 11 is 0. The number of carbonyl (C=O) groups excluding carboxylic acids is 1. The van der Waals surface area contributed by atoms with Crippen LogP contribution in [0.4, 0.5) is 4.79 Å². The molecule has 1 atom stereocenters. The molecule has 0 spiro atoms. The van der Waals surface area contributed by atoms with Gasteiger partial charge in [-0.2, -0.15) is 0 Å². The van der Waals surface area contributed by atoms with Gasteiger partial charge in [0.15, 0.2) is 0 Å². The molecule has 1 aromatic rings. The molecule has 1 unspecified atom stereocenters. The molecule has 110 valence electrons. The van der Waals surface area contributed by atoms with E-state index >= 15 is 0 Å². The van der Waals surface area contributed by atoms with Crippen molar-refractivity contribution in [3.63, 3.8) is 0 Å². The third-order valence-electron chi connectivity index (χ3n) is 3.95. The van der Waals surface area contributed by atoms with Crippen molar-refractivity contribution in [1.82, 2.24) is 9.80 Å². The summed E-state index contributed by atoms with van der Waals surface area (Å²) in [6.45, 7) is 9.16. The Morgan fingerprint density at radius 3 is 2.45 bits per heavy atom. The van der Waals surface area contributed by atoms with Crippen LogP contribution in [0.2, 0.25) is 0 Å². The summed E-state index contributed by atoms with van der Waals surface area (Å²) in [6, 6.07) is 10.3. The molecule has 2 rings (SSSR count). The number of carbonyl (C=O) groups is 1. The molecule has 1 fully saturated rings. The Bertz CT molecular complexity index is 453. The molecule has 0 radical (unpaired) electrons. The van der Waals surface area contributed by atoms with Gasteiger partial charge in [-0.15, -0.1) is 0 Å². The van der Waals surface area contributed by atoms with Crippen molar-refractivity contribution in [3.05, 3.63) is 35.9 Å². The first-order valence-corrected chi connectivity index (χ1v) is 7.12. The third-order valence-corrected chi connectivity index (χ3v) is 3.95. The van der Waals surface area contributed by atoms with Crippen LogP contribution in [-0.4, -0.2) is 41.6 Å². The van der Waals surface area contributed by atoms with E-state index in [4.69, 9.17) is 0 Å². The molecule has 1 aliphatic heterocycles. The number of hydrogen-bond donors (Lipinski definition) is 0. The van der Waals surface area contributed by atoms with Gasteiger partial charge in [0, 0.05) is 32.2 Å². The standard InChI is InChI=1S/C16H24N2O2/c1-16(2,3)14-12-17(9-10-18(14)15(19)20)11-13-7-5-4-6-8-13/h4-8,14H,9-12H2,1-3H3,(H,19,20)/p-1. The van der Waals surface area contributed by atoms with Crippen LogP contribution in [0.15, 0.2) is 30.3 Å².